The number of nitrogens with two attached hydrogens (primary N) is 1. The first-order valence-electron chi connectivity index (χ1n) is 6.36. The molecular weight excluding hydrogens is 220 g/mol. The van der Waals surface area contributed by atoms with Crippen molar-refractivity contribution in [2.45, 2.75) is 38.3 Å². The lowest BCUT2D eigenvalue weighted by atomic mass is 10.0. The molecule has 5 nitrogen and oxygen atoms in total. The average Bonchev–Trinajstić information content (AvgIpc) is 2.38. The van der Waals surface area contributed by atoms with E-state index in [2.05, 4.69) is 4.90 Å². The van der Waals surface area contributed by atoms with Crippen LogP contribution in [0.4, 0.5) is 0 Å². The third kappa shape index (κ3) is 4.26. The molecule has 0 aliphatic carbocycles. The van der Waals surface area contributed by atoms with Crippen molar-refractivity contribution in [2.24, 2.45) is 5.73 Å². The van der Waals surface area contributed by atoms with Gasteiger partial charge in [0, 0.05) is 19.7 Å². The Labute approximate surface area is 103 Å². The van der Waals surface area contributed by atoms with Gasteiger partial charge in [-0.05, 0) is 26.3 Å². The molecule has 5 heteroatoms. The number of hydrogen-bond acceptors (Lipinski definition) is 5. The predicted octanol–water partition coefficient (Wildman–Crippen LogP) is 0.378. The zero-order chi connectivity index (χ0) is 12.7. The van der Waals surface area contributed by atoms with Gasteiger partial charge in [-0.15, -0.1) is 0 Å². The number of carbonyl (C=O) groups is 1. The molecule has 2 N–H and O–H groups in total. The maximum absolute atomic E-state index is 11.7. The molecule has 0 aromatic carbocycles. The Bertz CT molecular complexity index is 236. The molecule has 1 saturated heterocycles. The minimum Gasteiger partial charge on any atom is -0.468 e. The van der Waals surface area contributed by atoms with Gasteiger partial charge < -0.3 is 15.2 Å². The molecule has 1 aliphatic heterocycles. The van der Waals surface area contributed by atoms with Crippen LogP contribution in [0.15, 0.2) is 0 Å². The predicted molar refractivity (Wildman–Crippen MR) is 65.7 cm³/mol. The van der Waals surface area contributed by atoms with Gasteiger partial charge in [0.1, 0.15) is 6.04 Å². The fourth-order valence-corrected chi connectivity index (χ4v) is 2.31. The summed E-state index contributed by atoms with van der Waals surface area (Å²) in [6.45, 7) is 4.72. The first kappa shape index (κ1) is 14.4. The van der Waals surface area contributed by atoms with Crippen LogP contribution in [0.25, 0.3) is 0 Å². The number of nitrogens with zero attached hydrogens (tertiary/aromatic N) is 1. The van der Waals surface area contributed by atoms with E-state index in [9.17, 15) is 4.79 Å². The van der Waals surface area contributed by atoms with Crippen molar-refractivity contribution in [2.75, 3.05) is 33.4 Å². The highest BCUT2D eigenvalue weighted by atomic mass is 16.5. The summed E-state index contributed by atoms with van der Waals surface area (Å²) in [7, 11) is 1.44. The Hall–Kier alpha value is -0.650. The molecule has 0 amide bonds. The summed E-state index contributed by atoms with van der Waals surface area (Å²) in [4.78, 5) is 13.8. The van der Waals surface area contributed by atoms with Crippen LogP contribution in [-0.2, 0) is 14.3 Å². The van der Waals surface area contributed by atoms with Gasteiger partial charge in [0.25, 0.3) is 0 Å². The van der Waals surface area contributed by atoms with Gasteiger partial charge in [-0.25, -0.2) is 0 Å². The molecule has 1 heterocycles. The summed E-state index contributed by atoms with van der Waals surface area (Å²) in [6, 6.07) is -0.122. The molecule has 0 aromatic heterocycles. The third-order valence-electron chi connectivity index (χ3n) is 3.19. The van der Waals surface area contributed by atoms with Gasteiger partial charge in [0.15, 0.2) is 0 Å². The number of hydrogen-bond donors (Lipinski definition) is 1. The van der Waals surface area contributed by atoms with Crippen molar-refractivity contribution in [3.8, 4) is 0 Å². The van der Waals surface area contributed by atoms with Crippen LogP contribution in [0.5, 0.6) is 0 Å². The summed E-state index contributed by atoms with van der Waals surface area (Å²) < 4.78 is 10.4. The van der Waals surface area contributed by atoms with Crippen LogP contribution in [-0.4, -0.2) is 56.4 Å². The zero-order valence-corrected chi connectivity index (χ0v) is 10.9. The lowest BCUT2D eigenvalue weighted by molar-refractivity contribution is -0.149. The molecule has 1 rings (SSSR count). The van der Waals surface area contributed by atoms with Gasteiger partial charge in [0.2, 0.25) is 0 Å². The van der Waals surface area contributed by atoms with E-state index in [0.29, 0.717) is 19.7 Å². The largest absolute Gasteiger partial charge is 0.468 e. The summed E-state index contributed by atoms with van der Waals surface area (Å²) in [5.41, 5.74) is 5.66. The smallest absolute Gasteiger partial charge is 0.323 e. The van der Waals surface area contributed by atoms with Crippen molar-refractivity contribution in [1.82, 2.24) is 4.90 Å². The minimum absolute atomic E-state index is 0.00487. The topological polar surface area (TPSA) is 64.8 Å². The van der Waals surface area contributed by atoms with Crippen molar-refractivity contribution in [3.05, 3.63) is 0 Å². The molecule has 1 fully saturated rings. The first-order valence-corrected chi connectivity index (χ1v) is 6.36. The maximum atomic E-state index is 11.7. The fraction of sp³-hybridized carbons (Fsp3) is 0.917. The highest BCUT2D eigenvalue weighted by molar-refractivity contribution is 5.75. The number of carbonyl (C=O) groups excluding carboxylic acids is 1. The number of esters is 1. The summed E-state index contributed by atoms with van der Waals surface area (Å²) in [6.07, 6.45) is 3.08. The van der Waals surface area contributed by atoms with Gasteiger partial charge in [-0.3, -0.25) is 9.69 Å². The summed E-state index contributed by atoms with van der Waals surface area (Å²) in [5, 5.41) is 0. The van der Waals surface area contributed by atoms with Crippen LogP contribution >= 0.6 is 0 Å². The van der Waals surface area contributed by atoms with Gasteiger partial charge in [0.05, 0.1) is 13.2 Å². The Balaban J connectivity index is 2.54. The molecule has 2 unspecified atom stereocenters. The number of piperidine rings is 1. The van der Waals surface area contributed by atoms with E-state index >= 15 is 0 Å². The second-order valence-corrected chi connectivity index (χ2v) is 4.34. The molecule has 0 saturated carbocycles. The Morgan fingerprint density at radius 2 is 2.29 bits per heavy atom. The van der Waals surface area contributed by atoms with E-state index in [4.69, 9.17) is 15.2 Å². The summed E-state index contributed by atoms with van der Waals surface area (Å²) >= 11 is 0. The number of rotatable bonds is 6. The number of methoxy groups -OCH3 is 1. The highest BCUT2D eigenvalue weighted by Crippen LogP contribution is 2.18. The molecule has 1 aliphatic rings. The van der Waals surface area contributed by atoms with E-state index in [0.717, 1.165) is 25.8 Å². The van der Waals surface area contributed by atoms with Crippen LogP contribution < -0.4 is 5.73 Å². The molecular formula is C12H24N2O3. The quantitative estimate of drug-likeness (QED) is 0.684. The van der Waals surface area contributed by atoms with Gasteiger partial charge >= 0.3 is 5.97 Å². The van der Waals surface area contributed by atoms with Crippen LogP contribution in [0, 0.1) is 0 Å². The number of likely N-dealkylation sites (tertiary alicyclic amines) is 1. The molecule has 0 aromatic rings. The molecule has 0 radical (unpaired) electrons. The lowest BCUT2D eigenvalue weighted by Crippen LogP contribution is -2.49. The van der Waals surface area contributed by atoms with E-state index in [1.807, 2.05) is 6.92 Å². The van der Waals surface area contributed by atoms with Crippen molar-refractivity contribution in [3.63, 3.8) is 0 Å². The van der Waals surface area contributed by atoms with Gasteiger partial charge in [-0.1, -0.05) is 6.42 Å². The van der Waals surface area contributed by atoms with Crippen LogP contribution in [0.1, 0.15) is 26.2 Å². The lowest BCUT2D eigenvalue weighted by Gasteiger charge is -2.35. The second-order valence-electron chi connectivity index (χ2n) is 4.34. The Morgan fingerprint density at radius 3 is 2.88 bits per heavy atom. The molecule has 17 heavy (non-hydrogen) atoms. The molecule has 0 spiro atoms. The fourth-order valence-electron chi connectivity index (χ4n) is 2.31. The highest BCUT2D eigenvalue weighted by Gasteiger charge is 2.30. The minimum atomic E-state index is -0.142. The monoisotopic (exact) mass is 244 g/mol. The Morgan fingerprint density at radius 1 is 1.53 bits per heavy atom. The number of ether oxygens (including phenoxy) is 2. The second kappa shape index (κ2) is 7.63. The van der Waals surface area contributed by atoms with Crippen LogP contribution in [0.3, 0.4) is 0 Å². The average molecular weight is 244 g/mol. The third-order valence-corrected chi connectivity index (χ3v) is 3.19. The van der Waals surface area contributed by atoms with E-state index in [-0.39, 0.29) is 18.1 Å². The summed E-state index contributed by atoms with van der Waals surface area (Å²) in [5.74, 6) is -0.142. The molecule has 2 atom stereocenters. The van der Waals surface area contributed by atoms with E-state index in [1.165, 1.54) is 7.11 Å². The van der Waals surface area contributed by atoms with Crippen molar-refractivity contribution < 1.29 is 14.3 Å². The molecule has 0 bridgehead atoms. The zero-order valence-electron chi connectivity index (χ0n) is 10.9. The maximum Gasteiger partial charge on any atom is 0.323 e. The SMILES string of the molecule is CCOC(CN)CN1CCCCC1C(=O)OC. The Kier molecular flexibility index (Phi) is 6.47. The normalized spacial score (nSPS) is 23.4. The molecule has 100 valence electrons. The van der Waals surface area contributed by atoms with Crippen molar-refractivity contribution in [1.29, 1.82) is 0 Å². The first-order chi connectivity index (χ1) is 8.22. The standard InChI is InChI=1S/C12H24N2O3/c1-3-17-10(8-13)9-14-7-5-4-6-11(14)12(15)16-2/h10-11H,3-9,13H2,1-2H3. The van der Waals surface area contributed by atoms with Crippen molar-refractivity contribution >= 4 is 5.97 Å². The van der Waals surface area contributed by atoms with Gasteiger partial charge in [-0.2, -0.15) is 0 Å². The van der Waals surface area contributed by atoms with E-state index in [1.54, 1.807) is 0 Å². The van der Waals surface area contributed by atoms with Crippen LogP contribution in [0.2, 0.25) is 0 Å². The van der Waals surface area contributed by atoms with E-state index < -0.39 is 0 Å².